The molecule has 0 radical (unpaired) electrons. The molecule has 1 aliphatic rings. The number of thiophene rings is 1. The van der Waals surface area contributed by atoms with Crippen molar-refractivity contribution in [3.8, 4) is 6.07 Å². The summed E-state index contributed by atoms with van der Waals surface area (Å²) in [5, 5.41) is 14.0. The van der Waals surface area contributed by atoms with Crippen LogP contribution in [0.5, 0.6) is 0 Å². The molecule has 1 aromatic rings. The second-order valence-corrected chi connectivity index (χ2v) is 6.01. The van der Waals surface area contributed by atoms with E-state index in [1.807, 2.05) is 6.07 Å². The van der Waals surface area contributed by atoms with Crippen LogP contribution in [0.1, 0.15) is 24.8 Å². The lowest BCUT2D eigenvalue weighted by atomic mass is 9.96. The van der Waals surface area contributed by atoms with Crippen molar-refractivity contribution < 1.29 is 9.59 Å². The van der Waals surface area contributed by atoms with Gasteiger partial charge in [-0.2, -0.15) is 5.26 Å². The number of carbonyl (C=O) groups is 2. The number of rotatable bonds is 5. The van der Waals surface area contributed by atoms with Crippen molar-refractivity contribution >= 4 is 28.2 Å². The Labute approximate surface area is 127 Å². The average Bonchev–Trinajstić information content (AvgIpc) is 2.92. The van der Waals surface area contributed by atoms with Crippen molar-refractivity contribution in [2.24, 2.45) is 11.7 Å². The standard InChI is InChI=1S/C14H18N4O2S/c15-9-11-4-8-21-14(11)17-12(19)3-7-18-5-1-10(2-6-18)13(16)20/h4,8,10H,1-3,5-7H2,(H2,16,20)(H,17,19). The highest BCUT2D eigenvalue weighted by Gasteiger charge is 2.23. The van der Waals surface area contributed by atoms with Gasteiger partial charge in [-0.05, 0) is 37.4 Å². The minimum absolute atomic E-state index is 0.0283. The van der Waals surface area contributed by atoms with Gasteiger partial charge in [0, 0.05) is 18.9 Å². The van der Waals surface area contributed by atoms with Crippen LogP contribution in [0.25, 0.3) is 0 Å². The highest BCUT2D eigenvalue weighted by molar-refractivity contribution is 7.14. The first-order valence-corrected chi connectivity index (χ1v) is 7.77. The first-order valence-electron chi connectivity index (χ1n) is 6.89. The van der Waals surface area contributed by atoms with Crippen LogP contribution < -0.4 is 11.1 Å². The molecule has 0 saturated carbocycles. The third-order valence-electron chi connectivity index (χ3n) is 3.68. The Morgan fingerprint density at radius 2 is 2.19 bits per heavy atom. The fourth-order valence-corrected chi connectivity index (χ4v) is 3.14. The number of nitrogens with two attached hydrogens (primary N) is 1. The molecule has 1 aliphatic heterocycles. The van der Waals surface area contributed by atoms with E-state index in [1.165, 1.54) is 11.3 Å². The number of nitrogens with zero attached hydrogens (tertiary/aromatic N) is 2. The molecule has 0 atom stereocenters. The molecule has 6 nitrogen and oxygen atoms in total. The Morgan fingerprint density at radius 3 is 2.81 bits per heavy atom. The molecule has 3 N–H and O–H groups in total. The lowest BCUT2D eigenvalue weighted by Gasteiger charge is -2.30. The molecular formula is C14H18N4O2S. The van der Waals surface area contributed by atoms with Crippen molar-refractivity contribution in [1.29, 1.82) is 5.26 Å². The number of hydrogen-bond donors (Lipinski definition) is 2. The molecule has 2 amide bonds. The van der Waals surface area contributed by atoms with E-state index in [9.17, 15) is 9.59 Å². The summed E-state index contributed by atoms with van der Waals surface area (Å²) < 4.78 is 0. The van der Waals surface area contributed by atoms with Crippen LogP contribution in [0.15, 0.2) is 11.4 Å². The van der Waals surface area contributed by atoms with E-state index < -0.39 is 0 Å². The maximum absolute atomic E-state index is 11.9. The summed E-state index contributed by atoms with van der Waals surface area (Å²) in [6.45, 7) is 2.25. The van der Waals surface area contributed by atoms with Gasteiger partial charge in [-0.3, -0.25) is 9.59 Å². The van der Waals surface area contributed by atoms with Gasteiger partial charge in [0.1, 0.15) is 11.1 Å². The smallest absolute Gasteiger partial charge is 0.226 e. The number of nitriles is 1. The van der Waals surface area contributed by atoms with Crippen LogP contribution in [-0.4, -0.2) is 36.3 Å². The lowest BCUT2D eigenvalue weighted by molar-refractivity contribution is -0.123. The number of nitrogens with one attached hydrogen (secondary N) is 1. The molecule has 0 spiro atoms. The van der Waals surface area contributed by atoms with Crippen molar-refractivity contribution in [2.75, 3.05) is 25.0 Å². The van der Waals surface area contributed by atoms with Crippen LogP contribution in [-0.2, 0) is 9.59 Å². The second kappa shape index (κ2) is 7.20. The van der Waals surface area contributed by atoms with Gasteiger partial charge in [-0.1, -0.05) is 0 Å². The molecule has 112 valence electrons. The molecule has 0 unspecified atom stereocenters. The SMILES string of the molecule is N#Cc1ccsc1NC(=O)CCN1CCC(C(N)=O)CC1. The van der Waals surface area contributed by atoms with Crippen molar-refractivity contribution in [3.05, 3.63) is 17.0 Å². The van der Waals surface area contributed by atoms with Crippen LogP contribution >= 0.6 is 11.3 Å². The predicted octanol–water partition coefficient (Wildman–Crippen LogP) is 1.15. The highest BCUT2D eigenvalue weighted by atomic mass is 32.1. The van der Waals surface area contributed by atoms with Gasteiger partial charge in [-0.25, -0.2) is 0 Å². The van der Waals surface area contributed by atoms with Gasteiger partial charge >= 0.3 is 0 Å². The number of primary amides is 1. The second-order valence-electron chi connectivity index (χ2n) is 5.09. The average molecular weight is 306 g/mol. The summed E-state index contributed by atoms with van der Waals surface area (Å²) in [6, 6.07) is 3.73. The van der Waals surface area contributed by atoms with E-state index in [-0.39, 0.29) is 17.7 Å². The topological polar surface area (TPSA) is 99.2 Å². The van der Waals surface area contributed by atoms with E-state index >= 15 is 0 Å². The maximum Gasteiger partial charge on any atom is 0.226 e. The molecule has 1 aromatic heterocycles. The van der Waals surface area contributed by atoms with E-state index in [1.54, 1.807) is 11.4 Å². The minimum Gasteiger partial charge on any atom is -0.369 e. The molecule has 1 fully saturated rings. The van der Waals surface area contributed by atoms with Gasteiger partial charge < -0.3 is 16.0 Å². The van der Waals surface area contributed by atoms with Crippen molar-refractivity contribution in [1.82, 2.24) is 4.90 Å². The largest absolute Gasteiger partial charge is 0.369 e. The monoisotopic (exact) mass is 306 g/mol. The molecule has 2 rings (SSSR count). The van der Waals surface area contributed by atoms with Crippen LogP contribution in [0.2, 0.25) is 0 Å². The van der Waals surface area contributed by atoms with Crippen molar-refractivity contribution in [3.63, 3.8) is 0 Å². The normalized spacial score (nSPS) is 16.3. The number of piperidine rings is 1. The molecule has 7 heteroatoms. The molecule has 21 heavy (non-hydrogen) atoms. The zero-order chi connectivity index (χ0) is 15.2. The summed E-state index contributed by atoms with van der Waals surface area (Å²) in [5.74, 6) is -0.348. The Kier molecular flexibility index (Phi) is 5.31. The summed E-state index contributed by atoms with van der Waals surface area (Å²) in [7, 11) is 0. The van der Waals surface area contributed by atoms with E-state index in [2.05, 4.69) is 10.2 Å². The quantitative estimate of drug-likeness (QED) is 0.852. The number of hydrogen-bond acceptors (Lipinski definition) is 5. The fourth-order valence-electron chi connectivity index (χ4n) is 2.38. The zero-order valence-electron chi connectivity index (χ0n) is 11.7. The Bertz CT molecular complexity index is 556. The fraction of sp³-hybridized carbons (Fsp3) is 0.500. The molecule has 0 aromatic carbocycles. The van der Waals surface area contributed by atoms with E-state index in [4.69, 9.17) is 11.0 Å². The first kappa shape index (κ1) is 15.5. The lowest BCUT2D eigenvalue weighted by Crippen LogP contribution is -2.39. The number of amides is 2. The third-order valence-corrected chi connectivity index (χ3v) is 4.51. The first-order chi connectivity index (χ1) is 10.1. The Hall–Kier alpha value is -1.91. The van der Waals surface area contributed by atoms with Crippen molar-refractivity contribution in [2.45, 2.75) is 19.3 Å². The van der Waals surface area contributed by atoms with Gasteiger partial charge in [-0.15, -0.1) is 11.3 Å². The summed E-state index contributed by atoms with van der Waals surface area (Å²) in [6.07, 6.45) is 1.91. The highest BCUT2D eigenvalue weighted by Crippen LogP contribution is 2.22. The van der Waals surface area contributed by atoms with Crippen LogP contribution in [0.4, 0.5) is 5.00 Å². The van der Waals surface area contributed by atoms with Crippen LogP contribution in [0.3, 0.4) is 0 Å². The molecule has 0 bridgehead atoms. The molecule has 0 aliphatic carbocycles. The molecule has 2 heterocycles. The van der Waals surface area contributed by atoms with Gasteiger partial charge in [0.05, 0.1) is 5.56 Å². The van der Waals surface area contributed by atoms with Gasteiger partial charge in [0.2, 0.25) is 11.8 Å². The van der Waals surface area contributed by atoms with Crippen LogP contribution in [0, 0.1) is 17.2 Å². The zero-order valence-corrected chi connectivity index (χ0v) is 12.5. The number of anilines is 1. The molecular weight excluding hydrogens is 288 g/mol. The Balaban J connectivity index is 1.73. The maximum atomic E-state index is 11.9. The van der Waals surface area contributed by atoms with E-state index in [0.717, 1.165) is 25.9 Å². The summed E-state index contributed by atoms with van der Waals surface area (Å²) in [4.78, 5) is 25.1. The number of carbonyl (C=O) groups excluding carboxylic acids is 2. The summed E-state index contributed by atoms with van der Waals surface area (Å²) in [5.41, 5.74) is 5.79. The predicted molar refractivity (Wildman–Crippen MR) is 80.6 cm³/mol. The molecule has 1 saturated heterocycles. The summed E-state index contributed by atoms with van der Waals surface area (Å²) >= 11 is 1.35. The minimum atomic E-state index is -0.228. The third kappa shape index (κ3) is 4.28. The van der Waals surface area contributed by atoms with E-state index in [0.29, 0.717) is 23.5 Å². The number of likely N-dealkylation sites (tertiary alicyclic amines) is 1. The van der Waals surface area contributed by atoms with Gasteiger partial charge in [0.15, 0.2) is 0 Å². The Morgan fingerprint density at radius 1 is 1.48 bits per heavy atom. The van der Waals surface area contributed by atoms with Gasteiger partial charge in [0.25, 0.3) is 0 Å².